The second-order valence-electron chi connectivity index (χ2n) is 5.17. The zero-order chi connectivity index (χ0) is 13.1. The zero-order valence-electron chi connectivity index (χ0n) is 11.3. The number of aromatic nitrogens is 2. The van der Waals surface area contributed by atoms with Gasteiger partial charge in [-0.25, -0.2) is 0 Å². The second kappa shape index (κ2) is 5.42. The molecule has 0 amide bonds. The lowest BCUT2D eigenvalue weighted by atomic mass is 9.78. The summed E-state index contributed by atoms with van der Waals surface area (Å²) in [6.45, 7) is 4.61. The highest BCUT2D eigenvalue weighted by Crippen LogP contribution is 2.31. The number of nitrogen functional groups attached to an aromatic ring is 1. The monoisotopic (exact) mass is 250 g/mol. The highest BCUT2D eigenvalue weighted by molar-refractivity contribution is 5.43. The molecule has 1 saturated carbocycles. The third-order valence-electron chi connectivity index (χ3n) is 3.97. The molecule has 1 aliphatic carbocycles. The van der Waals surface area contributed by atoms with Crippen molar-refractivity contribution in [3.8, 4) is 5.88 Å². The van der Waals surface area contributed by atoms with Crippen LogP contribution in [0.15, 0.2) is 6.07 Å². The Kier molecular flexibility index (Phi) is 3.89. The van der Waals surface area contributed by atoms with Crippen molar-refractivity contribution >= 4 is 11.8 Å². The van der Waals surface area contributed by atoms with Crippen LogP contribution in [0.5, 0.6) is 5.88 Å². The summed E-state index contributed by atoms with van der Waals surface area (Å²) < 4.78 is 5.10. The minimum absolute atomic E-state index is 0.244. The van der Waals surface area contributed by atoms with Crippen LogP contribution in [0.3, 0.4) is 0 Å². The smallest absolute Gasteiger partial charge is 0.225 e. The van der Waals surface area contributed by atoms with E-state index in [0.717, 1.165) is 11.7 Å². The van der Waals surface area contributed by atoms with Gasteiger partial charge in [0.2, 0.25) is 11.8 Å². The van der Waals surface area contributed by atoms with Crippen molar-refractivity contribution in [2.24, 2.45) is 11.8 Å². The average Bonchev–Trinajstić information content (AvgIpc) is 2.34. The first-order valence-corrected chi connectivity index (χ1v) is 6.55. The Balaban J connectivity index is 2.10. The molecular formula is C13H22N4O. The van der Waals surface area contributed by atoms with Gasteiger partial charge in [0.05, 0.1) is 7.11 Å². The molecule has 5 nitrogen and oxygen atoms in total. The van der Waals surface area contributed by atoms with Gasteiger partial charge in [0.25, 0.3) is 0 Å². The van der Waals surface area contributed by atoms with Gasteiger partial charge in [-0.15, -0.1) is 0 Å². The fraction of sp³-hybridized carbons (Fsp3) is 0.692. The molecule has 18 heavy (non-hydrogen) atoms. The van der Waals surface area contributed by atoms with Gasteiger partial charge in [0, 0.05) is 12.1 Å². The summed E-state index contributed by atoms with van der Waals surface area (Å²) in [5.41, 5.74) is 5.66. The number of hydrogen-bond acceptors (Lipinski definition) is 5. The third-order valence-corrected chi connectivity index (χ3v) is 3.97. The standard InChI is InChI=1S/C13H22N4O/c1-8-5-4-6-10(9(8)2)15-11-7-12(18-3)17-13(14)16-11/h7-10H,4-6H2,1-3H3,(H3,14,15,16,17). The molecule has 5 heteroatoms. The Morgan fingerprint density at radius 1 is 1.33 bits per heavy atom. The summed E-state index contributed by atoms with van der Waals surface area (Å²) >= 11 is 0. The molecular weight excluding hydrogens is 228 g/mol. The van der Waals surface area contributed by atoms with E-state index in [-0.39, 0.29) is 5.95 Å². The van der Waals surface area contributed by atoms with Crippen LogP contribution in [-0.4, -0.2) is 23.1 Å². The van der Waals surface area contributed by atoms with E-state index in [9.17, 15) is 0 Å². The molecule has 3 atom stereocenters. The normalized spacial score (nSPS) is 27.8. The molecule has 3 N–H and O–H groups in total. The van der Waals surface area contributed by atoms with E-state index in [2.05, 4.69) is 29.1 Å². The fourth-order valence-corrected chi connectivity index (χ4v) is 2.60. The van der Waals surface area contributed by atoms with Crippen LogP contribution in [0.2, 0.25) is 0 Å². The highest BCUT2D eigenvalue weighted by Gasteiger charge is 2.27. The number of nitrogens with two attached hydrogens (primary N) is 1. The predicted octanol–water partition coefficient (Wildman–Crippen LogP) is 2.30. The van der Waals surface area contributed by atoms with E-state index in [0.29, 0.717) is 17.8 Å². The Labute approximate surface area is 108 Å². The Hall–Kier alpha value is -1.52. The summed E-state index contributed by atoms with van der Waals surface area (Å²) in [5, 5.41) is 3.47. The summed E-state index contributed by atoms with van der Waals surface area (Å²) in [6.07, 6.45) is 3.76. The molecule has 1 heterocycles. The molecule has 0 saturated heterocycles. The number of methoxy groups -OCH3 is 1. The minimum atomic E-state index is 0.244. The number of nitrogens with one attached hydrogen (secondary N) is 1. The zero-order valence-corrected chi connectivity index (χ0v) is 11.3. The molecule has 100 valence electrons. The Morgan fingerprint density at radius 3 is 2.83 bits per heavy atom. The van der Waals surface area contributed by atoms with E-state index in [4.69, 9.17) is 10.5 Å². The van der Waals surface area contributed by atoms with Gasteiger partial charge in [-0.05, 0) is 18.3 Å². The first-order valence-electron chi connectivity index (χ1n) is 6.55. The van der Waals surface area contributed by atoms with Gasteiger partial charge in [-0.1, -0.05) is 26.7 Å². The van der Waals surface area contributed by atoms with Crippen molar-refractivity contribution in [2.45, 2.75) is 39.2 Å². The van der Waals surface area contributed by atoms with Gasteiger partial charge >= 0.3 is 0 Å². The SMILES string of the molecule is COc1cc(NC2CCCC(C)C2C)nc(N)n1. The molecule has 1 fully saturated rings. The number of ether oxygens (including phenoxy) is 1. The van der Waals surface area contributed by atoms with E-state index < -0.39 is 0 Å². The summed E-state index contributed by atoms with van der Waals surface area (Å²) in [4.78, 5) is 8.19. The lowest BCUT2D eigenvalue weighted by molar-refractivity contribution is 0.253. The maximum Gasteiger partial charge on any atom is 0.225 e. The maximum atomic E-state index is 5.66. The van der Waals surface area contributed by atoms with Crippen molar-refractivity contribution in [2.75, 3.05) is 18.2 Å². The van der Waals surface area contributed by atoms with Gasteiger partial charge in [0.15, 0.2) is 0 Å². The quantitative estimate of drug-likeness (QED) is 0.861. The number of hydrogen-bond donors (Lipinski definition) is 2. The van der Waals surface area contributed by atoms with Crippen molar-refractivity contribution in [1.82, 2.24) is 9.97 Å². The molecule has 1 aliphatic rings. The molecule has 0 bridgehead atoms. The van der Waals surface area contributed by atoms with Crippen LogP contribution in [0.1, 0.15) is 33.1 Å². The molecule has 0 radical (unpaired) electrons. The Bertz CT molecular complexity index is 410. The molecule has 1 aromatic rings. The molecule has 0 spiro atoms. The number of anilines is 2. The van der Waals surface area contributed by atoms with Crippen LogP contribution in [0.25, 0.3) is 0 Å². The van der Waals surface area contributed by atoms with E-state index in [1.165, 1.54) is 19.3 Å². The van der Waals surface area contributed by atoms with E-state index in [1.807, 2.05) is 0 Å². The van der Waals surface area contributed by atoms with Crippen LogP contribution in [0.4, 0.5) is 11.8 Å². The van der Waals surface area contributed by atoms with Gasteiger partial charge in [-0.3, -0.25) is 0 Å². The summed E-state index contributed by atoms with van der Waals surface area (Å²) in [6, 6.07) is 2.25. The summed E-state index contributed by atoms with van der Waals surface area (Å²) in [7, 11) is 1.58. The highest BCUT2D eigenvalue weighted by atomic mass is 16.5. The van der Waals surface area contributed by atoms with Gasteiger partial charge in [-0.2, -0.15) is 9.97 Å². The molecule has 3 unspecified atom stereocenters. The Morgan fingerprint density at radius 2 is 2.11 bits per heavy atom. The van der Waals surface area contributed by atoms with E-state index >= 15 is 0 Å². The second-order valence-corrected chi connectivity index (χ2v) is 5.17. The summed E-state index contributed by atoms with van der Waals surface area (Å²) in [5.74, 6) is 2.89. The lowest BCUT2D eigenvalue weighted by Gasteiger charge is -2.34. The van der Waals surface area contributed by atoms with Crippen molar-refractivity contribution in [3.05, 3.63) is 6.07 Å². The molecule has 2 rings (SSSR count). The average molecular weight is 250 g/mol. The van der Waals surface area contributed by atoms with Crippen LogP contribution < -0.4 is 15.8 Å². The van der Waals surface area contributed by atoms with Gasteiger partial charge < -0.3 is 15.8 Å². The van der Waals surface area contributed by atoms with Crippen molar-refractivity contribution in [3.63, 3.8) is 0 Å². The number of nitrogens with zero attached hydrogens (tertiary/aromatic N) is 2. The maximum absolute atomic E-state index is 5.66. The number of rotatable bonds is 3. The lowest BCUT2D eigenvalue weighted by Crippen LogP contribution is -2.35. The van der Waals surface area contributed by atoms with Crippen molar-refractivity contribution < 1.29 is 4.74 Å². The van der Waals surface area contributed by atoms with Crippen LogP contribution in [0, 0.1) is 11.8 Å². The first-order chi connectivity index (χ1) is 8.60. The molecule has 1 aromatic heterocycles. The molecule has 0 aromatic carbocycles. The van der Waals surface area contributed by atoms with Crippen LogP contribution >= 0.6 is 0 Å². The first kappa shape index (κ1) is 12.9. The predicted molar refractivity (Wildman–Crippen MR) is 72.6 cm³/mol. The third kappa shape index (κ3) is 2.83. The molecule has 0 aliphatic heterocycles. The van der Waals surface area contributed by atoms with E-state index in [1.54, 1.807) is 13.2 Å². The van der Waals surface area contributed by atoms with Crippen LogP contribution in [-0.2, 0) is 0 Å². The largest absolute Gasteiger partial charge is 0.481 e. The topological polar surface area (TPSA) is 73.1 Å². The fourth-order valence-electron chi connectivity index (χ4n) is 2.60. The van der Waals surface area contributed by atoms with Crippen molar-refractivity contribution in [1.29, 1.82) is 0 Å². The van der Waals surface area contributed by atoms with Gasteiger partial charge in [0.1, 0.15) is 5.82 Å². The minimum Gasteiger partial charge on any atom is -0.481 e.